The predicted octanol–water partition coefficient (Wildman–Crippen LogP) is 3.15. The van der Waals surface area contributed by atoms with Gasteiger partial charge in [-0.1, -0.05) is 31.5 Å². The summed E-state index contributed by atoms with van der Waals surface area (Å²) in [5.74, 6) is 0.708. The maximum atomic E-state index is 5.99. The molecule has 0 saturated carbocycles. The van der Waals surface area contributed by atoms with E-state index in [2.05, 4.69) is 24.8 Å². The summed E-state index contributed by atoms with van der Waals surface area (Å²) in [6.45, 7) is 7.06. The molecule has 0 saturated heterocycles. The molecule has 0 aromatic heterocycles. The average Bonchev–Trinajstić information content (AvgIpc) is 2.24. The number of nitrogens with zero attached hydrogens (tertiary/aromatic N) is 1. The number of halogens is 1. The van der Waals surface area contributed by atoms with Gasteiger partial charge >= 0.3 is 0 Å². The summed E-state index contributed by atoms with van der Waals surface area (Å²) < 4.78 is 0. The van der Waals surface area contributed by atoms with Crippen LogP contribution in [0.15, 0.2) is 24.3 Å². The van der Waals surface area contributed by atoms with Gasteiger partial charge < -0.3 is 10.6 Å². The largest absolute Gasteiger partial charge is 0.370 e. The Morgan fingerprint density at radius 1 is 1.31 bits per heavy atom. The normalized spacial score (nSPS) is 10.8. The van der Waals surface area contributed by atoms with E-state index in [9.17, 15) is 0 Å². The molecule has 0 aliphatic carbocycles. The van der Waals surface area contributed by atoms with Crippen molar-refractivity contribution in [1.82, 2.24) is 0 Å². The van der Waals surface area contributed by atoms with E-state index in [1.807, 2.05) is 18.2 Å². The lowest BCUT2D eigenvalue weighted by atomic mass is 10.1. The molecule has 0 unspecified atom stereocenters. The van der Waals surface area contributed by atoms with Crippen LogP contribution in [0.3, 0.4) is 0 Å². The lowest BCUT2D eigenvalue weighted by Gasteiger charge is -2.25. The molecular weight excluding hydrogens is 220 g/mol. The zero-order valence-corrected chi connectivity index (χ0v) is 10.9. The van der Waals surface area contributed by atoms with E-state index in [4.69, 9.17) is 17.3 Å². The van der Waals surface area contributed by atoms with Gasteiger partial charge in [-0.3, -0.25) is 0 Å². The second-order valence-electron chi connectivity index (χ2n) is 4.44. The number of hydrogen-bond acceptors (Lipinski definition) is 2. The van der Waals surface area contributed by atoms with Crippen molar-refractivity contribution in [2.75, 3.05) is 24.5 Å². The van der Waals surface area contributed by atoms with Gasteiger partial charge in [0.1, 0.15) is 0 Å². The number of rotatable bonds is 6. The molecule has 1 aromatic rings. The van der Waals surface area contributed by atoms with Crippen molar-refractivity contribution in [3.05, 3.63) is 29.3 Å². The Kier molecular flexibility index (Phi) is 5.64. The minimum atomic E-state index is 0.671. The minimum Gasteiger partial charge on any atom is -0.370 e. The molecule has 16 heavy (non-hydrogen) atoms. The Bertz CT molecular complexity index is 313. The van der Waals surface area contributed by atoms with Crippen LogP contribution >= 0.6 is 11.6 Å². The van der Waals surface area contributed by atoms with Gasteiger partial charge in [0.25, 0.3) is 0 Å². The molecule has 1 aromatic carbocycles. The molecule has 0 fully saturated rings. The first-order valence-electron chi connectivity index (χ1n) is 5.84. The topological polar surface area (TPSA) is 29.3 Å². The zero-order valence-electron chi connectivity index (χ0n) is 10.1. The van der Waals surface area contributed by atoms with E-state index in [0.29, 0.717) is 12.5 Å². The molecular formula is C13H21ClN2. The SMILES string of the molecule is CC(C)CCN(CCN)c1cccc(Cl)c1. The standard InChI is InChI=1S/C13H21ClN2/c1-11(2)6-8-16(9-7-15)13-5-3-4-12(14)10-13/h3-5,10-11H,6-9,15H2,1-2H3. The lowest BCUT2D eigenvalue weighted by molar-refractivity contribution is 0.573. The molecule has 1 rings (SSSR count). The number of benzene rings is 1. The summed E-state index contributed by atoms with van der Waals surface area (Å²) >= 11 is 5.99. The Hall–Kier alpha value is -0.730. The fourth-order valence-electron chi connectivity index (χ4n) is 1.61. The first-order chi connectivity index (χ1) is 7.63. The van der Waals surface area contributed by atoms with E-state index in [-0.39, 0.29) is 0 Å². The van der Waals surface area contributed by atoms with Gasteiger partial charge in [-0.2, -0.15) is 0 Å². The predicted molar refractivity (Wildman–Crippen MR) is 72.2 cm³/mol. The molecule has 0 amide bonds. The van der Waals surface area contributed by atoms with Crippen molar-refractivity contribution in [2.45, 2.75) is 20.3 Å². The van der Waals surface area contributed by atoms with Crippen LogP contribution in [0, 0.1) is 5.92 Å². The lowest BCUT2D eigenvalue weighted by Crippen LogP contribution is -2.30. The maximum Gasteiger partial charge on any atom is 0.0426 e. The highest BCUT2D eigenvalue weighted by Gasteiger charge is 2.06. The first-order valence-corrected chi connectivity index (χ1v) is 6.22. The van der Waals surface area contributed by atoms with E-state index >= 15 is 0 Å². The van der Waals surface area contributed by atoms with Gasteiger partial charge in [-0.05, 0) is 30.5 Å². The molecule has 0 radical (unpaired) electrons. The highest BCUT2D eigenvalue weighted by atomic mass is 35.5. The van der Waals surface area contributed by atoms with Crippen LogP contribution in [0.4, 0.5) is 5.69 Å². The van der Waals surface area contributed by atoms with Crippen LogP contribution in [0.5, 0.6) is 0 Å². The van der Waals surface area contributed by atoms with E-state index in [1.165, 1.54) is 12.1 Å². The molecule has 90 valence electrons. The summed E-state index contributed by atoms with van der Waals surface area (Å²) in [6.07, 6.45) is 1.17. The fraction of sp³-hybridized carbons (Fsp3) is 0.538. The molecule has 0 atom stereocenters. The fourth-order valence-corrected chi connectivity index (χ4v) is 1.80. The summed E-state index contributed by atoms with van der Waals surface area (Å²) in [6, 6.07) is 7.96. The molecule has 3 heteroatoms. The van der Waals surface area contributed by atoms with Crippen molar-refractivity contribution >= 4 is 17.3 Å². The third kappa shape index (κ3) is 4.42. The van der Waals surface area contributed by atoms with Crippen molar-refractivity contribution in [3.8, 4) is 0 Å². The molecule has 0 heterocycles. The maximum absolute atomic E-state index is 5.99. The number of nitrogens with two attached hydrogens (primary N) is 1. The summed E-state index contributed by atoms with van der Waals surface area (Å²) in [5.41, 5.74) is 6.80. The van der Waals surface area contributed by atoms with E-state index < -0.39 is 0 Å². The second kappa shape index (κ2) is 6.77. The van der Waals surface area contributed by atoms with E-state index in [0.717, 1.165) is 18.1 Å². The van der Waals surface area contributed by atoms with Crippen LogP contribution in [-0.2, 0) is 0 Å². The zero-order chi connectivity index (χ0) is 12.0. The molecule has 2 nitrogen and oxygen atoms in total. The van der Waals surface area contributed by atoms with Crippen LogP contribution < -0.4 is 10.6 Å². The van der Waals surface area contributed by atoms with Crippen molar-refractivity contribution < 1.29 is 0 Å². The smallest absolute Gasteiger partial charge is 0.0426 e. The molecule has 0 spiro atoms. The van der Waals surface area contributed by atoms with Crippen LogP contribution in [0.25, 0.3) is 0 Å². The van der Waals surface area contributed by atoms with Crippen molar-refractivity contribution in [2.24, 2.45) is 11.7 Å². The van der Waals surface area contributed by atoms with Crippen molar-refractivity contribution in [3.63, 3.8) is 0 Å². The average molecular weight is 241 g/mol. The Morgan fingerprint density at radius 2 is 2.06 bits per heavy atom. The highest BCUT2D eigenvalue weighted by Crippen LogP contribution is 2.20. The summed E-state index contributed by atoms with van der Waals surface area (Å²) in [4.78, 5) is 2.30. The number of hydrogen-bond donors (Lipinski definition) is 1. The second-order valence-corrected chi connectivity index (χ2v) is 4.87. The minimum absolute atomic E-state index is 0.671. The van der Waals surface area contributed by atoms with Crippen LogP contribution in [0.1, 0.15) is 20.3 Å². The molecule has 0 bridgehead atoms. The van der Waals surface area contributed by atoms with E-state index in [1.54, 1.807) is 0 Å². The number of anilines is 1. The van der Waals surface area contributed by atoms with Gasteiger partial charge in [-0.25, -0.2) is 0 Å². The third-order valence-electron chi connectivity index (χ3n) is 2.55. The monoisotopic (exact) mass is 240 g/mol. The first kappa shape index (κ1) is 13.3. The third-order valence-corrected chi connectivity index (χ3v) is 2.78. The van der Waals surface area contributed by atoms with Gasteiger partial charge in [-0.15, -0.1) is 0 Å². The molecule has 2 N–H and O–H groups in total. The highest BCUT2D eigenvalue weighted by molar-refractivity contribution is 6.30. The van der Waals surface area contributed by atoms with Gasteiger partial charge in [0, 0.05) is 30.3 Å². The van der Waals surface area contributed by atoms with Gasteiger partial charge in [0.05, 0.1) is 0 Å². The van der Waals surface area contributed by atoms with Crippen LogP contribution in [-0.4, -0.2) is 19.6 Å². The summed E-state index contributed by atoms with van der Waals surface area (Å²) in [7, 11) is 0. The Labute approximate surface area is 103 Å². The van der Waals surface area contributed by atoms with Gasteiger partial charge in [0.2, 0.25) is 0 Å². The molecule has 0 aliphatic heterocycles. The Balaban J connectivity index is 2.68. The quantitative estimate of drug-likeness (QED) is 0.828. The van der Waals surface area contributed by atoms with Crippen LogP contribution in [0.2, 0.25) is 5.02 Å². The molecule has 0 aliphatic rings. The van der Waals surface area contributed by atoms with Crippen molar-refractivity contribution in [1.29, 1.82) is 0 Å². The summed E-state index contributed by atoms with van der Waals surface area (Å²) in [5, 5.41) is 0.782. The van der Waals surface area contributed by atoms with Gasteiger partial charge in [0.15, 0.2) is 0 Å². The Morgan fingerprint density at radius 3 is 2.62 bits per heavy atom.